The second-order valence-corrected chi connectivity index (χ2v) is 6.88. The summed E-state index contributed by atoms with van der Waals surface area (Å²) < 4.78 is 8.75. The van der Waals surface area contributed by atoms with Crippen LogP contribution in [0.5, 0.6) is 0 Å². The summed E-state index contributed by atoms with van der Waals surface area (Å²) in [6.45, 7) is 6.95. The fraction of sp³-hybridized carbons (Fsp3) is 0.882. The predicted octanol–water partition coefficient (Wildman–Crippen LogP) is 6.13. The van der Waals surface area contributed by atoms with Crippen molar-refractivity contribution in [2.24, 2.45) is 0 Å². The van der Waals surface area contributed by atoms with E-state index in [1.807, 2.05) is 6.20 Å². The molecule has 1 heterocycles. The van der Waals surface area contributed by atoms with Gasteiger partial charge in [0, 0.05) is 5.41 Å². The molecule has 3 heteroatoms. The first-order valence-electron chi connectivity index (χ1n) is 8.51. The number of hydrogen-bond acceptors (Lipinski definition) is 3. The van der Waals surface area contributed by atoms with Gasteiger partial charge in [0.2, 0.25) is 0 Å². The van der Waals surface area contributed by atoms with E-state index < -0.39 is 0 Å². The fourth-order valence-electron chi connectivity index (χ4n) is 2.87. The fourth-order valence-corrected chi connectivity index (χ4v) is 3.42. The van der Waals surface area contributed by atoms with Crippen molar-refractivity contribution in [3.8, 4) is 0 Å². The summed E-state index contributed by atoms with van der Waals surface area (Å²) in [5.74, 6) is 0. The lowest BCUT2D eigenvalue weighted by atomic mass is 9.77. The van der Waals surface area contributed by atoms with E-state index in [9.17, 15) is 0 Å². The van der Waals surface area contributed by atoms with Crippen molar-refractivity contribution < 1.29 is 0 Å². The molecule has 0 aliphatic carbocycles. The summed E-state index contributed by atoms with van der Waals surface area (Å²) in [7, 11) is 0. The number of hydrogen-bond donors (Lipinski definition) is 0. The molecule has 0 amide bonds. The van der Waals surface area contributed by atoms with E-state index in [0.717, 1.165) is 0 Å². The molecule has 1 unspecified atom stereocenters. The molecule has 1 atom stereocenters. The largest absolute Gasteiger partial charge is 0.181 e. The maximum atomic E-state index is 4.53. The Hall–Kier alpha value is -0.440. The summed E-state index contributed by atoms with van der Waals surface area (Å²) in [5, 5.41) is 0. The average Bonchev–Trinajstić information content (AvgIpc) is 2.98. The minimum Gasteiger partial charge on any atom is -0.181 e. The molecule has 0 radical (unpaired) electrons. The van der Waals surface area contributed by atoms with E-state index in [0.29, 0.717) is 0 Å². The second kappa shape index (κ2) is 10.3. The third-order valence-electron chi connectivity index (χ3n) is 4.39. The molecule has 1 aromatic heterocycles. The number of unbranched alkanes of at least 4 members (excludes halogenated alkanes) is 7. The lowest BCUT2D eigenvalue weighted by Gasteiger charge is -2.27. The topological polar surface area (TPSA) is 25.8 Å². The predicted molar refractivity (Wildman–Crippen MR) is 89.4 cm³/mol. The lowest BCUT2D eigenvalue weighted by Crippen LogP contribution is -2.22. The van der Waals surface area contributed by atoms with Crippen LogP contribution in [0.1, 0.15) is 97.1 Å². The normalized spacial score (nSPS) is 14.3. The molecule has 0 fully saturated rings. The molecule has 20 heavy (non-hydrogen) atoms. The molecule has 0 bridgehead atoms. The van der Waals surface area contributed by atoms with Crippen molar-refractivity contribution in [3.63, 3.8) is 0 Å². The van der Waals surface area contributed by atoms with Gasteiger partial charge in [-0.3, -0.25) is 0 Å². The van der Waals surface area contributed by atoms with E-state index in [1.165, 1.54) is 88.1 Å². The van der Waals surface area contributed by atoms with Crippen LogP contribution in [0.3, 0.4) is 0 Å². The molecule has 0 saturated carbocycles. The minimum absolute atomic E-state index is 0.257. The van der Waals surface area contributed by atoms with Crippen molar-refractivity contribution in [2.75, 3.05) is 0 Å². The minimum atomic E-state index is 0.257. The Labute approximate surface area is 129 Å². The van der Waals surface area contributed by atoms with Gasteiger partial charge < -0.3 is 0 Å². The third kappa shape index (κ3) is 6.34. The zero-order valence-corrected chi connectivity index (χ0v) is 14.5. The van der Waals surface area contributed by atoms with Gasteiger partial charge >= 0.3 is 0 Å². The van der Waals surface area contributed by atoms with Crippen LogP contribution in [0, 0.1) is 0 Å². The Morgan fingerprint density at radius 3 is 1.95 bits per heavy atom. The highest BCUT2D eigenvalue weighted by Crippen LogP contribution is 2.34. The van der Waals surface area contributed by atoms with Crippen LogP contribution in [-0.4, -0.2) is 8.75 Å². The van der Waals surface area contributed by atoms with Crippen LogP contribution in [0.15, 0.2) is 6.20 Å². The summed E-state index contributed by atoms with van der Waals surface area (Å²) in [6, 6.07) is 0. The van der Waals surface area contributed by atoms with Crippen molar-refractivity contribution in [2.45, 2.75) is 96.8 Å². The summed E-state index contributed by atoms with van der Waals surface area (Å²) in [6.07, 6.45) is 16.7. The van der Waals surface area contributed by atoms with Crippen LogP contribution < -0.4 is 0 Å². The molecule has 0 spiro atoms. The Balaban J connectivity index is 2.43. The maximum absolute atomic E-state index is 4.53. The monoisotopic (exact) mass is 296 g/mol. The Bertz CT molecular complexity index is 324. The molecular weight excluding hydrogens is 264 g/mol. The molecule has 0 aliphatic heterocycles. The smallest absolute Gasteiger partial charge is 0.0801 e. The van der Waals surface area contributed by atoms with Crippen molar-refractivity contribution in [1.29, 1.82) is 0 Å². The maximum Gasteiger partial charge on any atom is 0.0801 e. The standard InChI is InChI=1S/C17H32N2S/c1-4-6-8-10-12-14-17(3,13-11-9-7-5-2)16-15-18-20-19-16/h15H,4-14H2,1-3H3. The first-order valence-corrected chi connectivity index (χ1v) is 9.24. The number of rotatable bonds is 12. The zero-order valence-electron chi connectivity index (χ0n) is 13.7. The van der Waals surface area contributed by atoms with Crippen LogP contribution in [0.4, 0.5) is 0 Å². The highest BCUT2D eigenvalue weighted by atomic mass is 32.1. The van der Waals surface area contributed by atoms with Crippen molar-refractivity contribution >= 4 is 11.7 Å². The van der Waals surface area contributed by atoms with Crippen LogP contribution in [-0.2, 0) is 5.41 Å². The molecular formula is C17H32N2S. The van der Waals surface area contributed by atoms with Crippen LogP contribution in [0.2, 0.25) is 0 Å². The van der Waals surface area contributed by atoms with E-state index >= 15 is 0 Å². The van der Waals surface area contributed by atoms with Gasteiger partial charge in [0.25, 0.3) is 0 Å². The number of aromatic nitrogens is 2. The first kappa shape index (κ1) is 17.6. The molecule has 0 saturated heterocycles. The van der Waals surface area contributed by atoms with Gasteiger partial charge in [-0.1, -0.05) is 78.6 Å². The highest BCUT2D eigenvalue weighted by molar-refractivity contribution is 6.99. The van der Waals surface area contributed by atoms with E-state index in [-0.39, 0.29) is 5.41 Å². The van der Waals surface area contributed by atoms with Gasteiger partial charge in [-0.2, -0.15) is 8.75 Å². The van der Waals surface area contributed by atoms with Gasteiger partial charge in [0.15, 0.2) is 0 Å². The Morgan fingerprint density at radius 1 is 0.900 bits per heavy atom. The summed E-state index contributed by atoms with van der Waals surface area (Å²) in [4.78, 5) is 0. The van der Waals surface area contributed by atoms with Gasteiger partial charge in [0.1, 0.15) is 0 Å². The van der Waals surface area contributed by atoms with E-state index in [2.05, 4.69) is 29.5 Å². The molecule has 0 aliphatic rings. The molecule has 116 valence electrons. The van der Waals surface area contributed by atoms with Gasteiger partial charge in [-0.25, -0.2) is 0 Å². The summed E-state index contributed by atoms with van der Waals surface area (Å²) in [5.41, 5.74) is 1.49. The van der Waals surface area contributed by atoms with E-state index in [1.54, 1.807) is 0 Å². The molecule has 1 rings (SSSR count). The molecule has 2 nitrogen and oxygen atoms in total. The van der Waals surface area contributed by atoms with Crippen molar-refractivity contribution in [1.82, 2.24) is 8.75 Å². The highest BCUT2D eigenvalue weighted by Gasteiger charge is 2.28. The third-order valence-corrected chi connectivity index (χ3v) is 4.87. The van der Waals surface area contributed by atoms with Gasteiger partial charge in [0.05, 0.1) is 23.6 Å². The lowest BCUT2D eigenvalue weighted by molar-refractivity contribution is 0.357. The van der Waals surface area contributed by atoms with Crippen molar-refractivity contribution in [3.05, 3.63) is 11.9 Å². The van der Waals surface area contributed by atoms with Gasteiger partial charge in [-0.15, -0.1) is 0 Å². The SMILES string of the molecule is CCCCCCCC(C)(CCCCCC)c1cnsn1. The zero-order chi connectivity index (χ0) is 14.7. The molecule has 0 N–H and O–H groups in total. The van der Waals surface area contributed by atoms with Crippen LogP contribution in [0.25, 0.3) is 0 Å². The number of nitrogens with zero attached hydrogens (tertiary/aromatic N) is 2. The van der Waals surface area contributed by atoms with E-state index in [4.69, 9.17) is 0 Å². The molecule has 1 aromatic rings. The molecule has 0 aromatic carbocycles. The first-order chi connectivity index (χ1) is 9.73. The Morgan fingerprint density at radius 2 is 1.45 bits per heavy atom. The van der Waals surface area contributed by atoms with Crippen LogP contribution >= 0.6 is 11.7 Å². The summed E-state index contributed by atoms with van der Waals surface area (Å²) >= 11 is 1.36. The average molecular weight is 297 g/mol. The Kier molecular flexibility index (Phi) is 9.08. The second-order valence-electron chi connectivity index (χ2n) is 6.33. The quantitative estimate of drug-likeness (QED) is 0.434. The van der Waals surface area contributed by atoms with Gasteiger partial charge in [-0.05, 0) is 12.8 Å².